The Bertz CT molecular complexity index is 377. The SMILES string of the molecule is CC(C)(CN)C(=O)OCc1cccc(Cl)c1. The number of ether oxygens (including phenoxy) is 1. The highest BCUT2D eigenvalue weighted by molar-refractivity contribution is 6.30. The lowest BCUT2D eigenvalue weighted by Gasteiger charge is -2.20. The first-order valence-corrected chi connectivity index (χ1v) is 5.45. The molecule has 88 valence electrons. The van der Waals surface area contributed by atoms with E-state index in [2.05, 4.69) is 0 Å². The van der Waals surface area contributed by atoms with Crippen molar-refractivity contribution in [3.05, 3.63) is 34.9 Å². The van der Waals surface area contributed by atoms with Crippen molar-refractivity contribution in [2.75, 3.05) is 6.54 Å². The first kappa shape index (κ1) is 13.0. The predicted octanol–water partition coefficient (Wildman–Crippen LogP) is 2.37. The summed E-state index contributed by atoms with van der Waals surface area (Å²) in [6, 6.07) is 7.22. The number of hydrogen-bond acceptors (Lipinski definition) is 3. The molecule has 0 aliphatic heterocycles. The van der Waals surface area contributed by atoms with Crippen LogP contribution in [0.2, 0.25) is 5.02 Å². The number of esters is 1. The van der Waals surface area contributed by atoms with Crippen LogP contribution in [0.3, 0.4) is 0 Å². The highest BCUT2D eigenvalue weighted by Gasteiger charge is 2.27. The second-order valence-electron chi connectivity index (χ2n) is 4.29. The van der Waals surface area contributed by atoms with Crippen molar-refractivity contribution in [3.63, 3.8) is 0 Å². The average molecular weight is 242 g/mol. The summed E-state index contributed by atoms with van der Waals surface area (Å²) in [6.45, 7) is 4.00. The Morgan fingerprint density at radius 3 is 2.75 bits per heavy atom. The van der Waals surface area contributed by atoms with Gasteiger partial charge in [-0.3, -0.25) is 4.79 Å². The number of rotatable bonds is 4. The molecule has 0 unspecified atom stereocenters. The van der Waals surface area contributed by atoms with Crippen LogP contribution >= 0.6 is 11.6 Å². The minimum atomic E-state index is -0.640. The van der Waals surface area contributed by atoms with Crippen LogP contribution in [-0.2, 0) is 16.1 Å². The number of benzene rings is 1. The maximum absolute atomic E-state index is 11.6. The molecular formula is C12H16ClNO2. The lowest BCUT2D eigenvalue weighted by Crippen LogP contribution is -2.34. The second-order valence-corrected chi connectivity index (χ2v) is 4.73. The fraction of sp³-hybridized carbons (Fsp3) is 0.417. The number of carbonyl (C=O) groups excluding carboxylic acids is 1. The van der Waals surface area contributed by atoms with Crippen molar-refractivity contribution in [1.29, 1.82) is 0 Å². The van der Waals surface area contributed by atoms with Gasteiger partial charge in [0.1, 0.15) is 6.61 Å². The normalized spacial score (nSPS) is 11.2. The van der Waals surface area contributed by atoms with Crippen molar-refractivity contribution in [3.8, 4) is 0 Å². The van der Waals surface area contributed by atoms with Gasteiger partial charge in [-0.05, 0) is 31.5 Å². The van der Waals surface area contributed by atoms with Gasteiger partial charge in [-0.2, -0.15) is 0 Å². The molecule has 0 amide bonds. The second kappa shape index (κ2) is 5.32. The minimum Gasteiger partial charge on any atom is -0.460 e. The monoisotopic (exact) mass is 241 g/mol. The standard InChI is InChI=1S/C12H16ClNO2/c1-12(2,8-14)11(15)16-7-9-4-3-5-10(13)6-9/h3-6H,7-8,14H2,1-2H3. The first-order chi connectivity index (χ1) is 7.45. The third-order valence-electron chi connectivity index (χ3n) is 2.32. The van der Waals surface area contributed by atoms with Crippen LogP contribution < -0.4 is 5.73 Å². The molecule has 2 N–H and O–H groups in total. The molecule has 1 aromatic rings. The molecule has 0 radical (unpaired) electrons. The van der Waals surface area contributed by atoms with E-state index in [0.29, 0.717) is 5.02 Å². The van der Waals surface area contributed by atoms with E-state index in [0.717, 1.165) is 5.56 Å². The Morgan fingerprint density at radius 1 is 1.50 bits per heavy atom. The first-order valence-electron chi connectivity index (χ1n) is 5.07. The Balaban J connectivity index is 2.56. The van der Waals surface area contributed by atoms with Crippen LogP contribution in [0.5, 0.6) is 0 Å². The molecule has 0 aliphatic rings. The van der Waals surface area contributed by atoms with Gasteiger partial charge < -0.3 is 10.5 Å². The van der Waals surface area contributed by atoms with Gasteiger partial charge in [0.05, 0.1) is 5.41 Å². The zero-order chi connectivity index (χ0) is 12.2. The number of carbonyl (C=O) groups is 1. The summed E-state index contributed by atoms with van der Waals surface area (Å²) in [5, 5.41) is 0.631. The van der Waals surface area contributed by atoms with Crippen LogP contribution in [0.25, 0.3) is 0 Å². The molecule has 0 aromatic heterocycles. The van der Waals surface area contributed by atoms with Crippen molar-refractivity contribution >= 4 is 17.6 Å². The van der Waals surface area contributed by atoms with E-state index in [1.54, 1.807) is 26.0 Å². The lowest BCUT2D eigenvalue weighted by molar-refractivity contribution is -0.154. The van der Waals surface area contributed by atoms with Gasteiger partial charge in [0.2, 0.25) is 0 Å². The van der Waals surface area contributed by atoms with E-state index in [9.17, 15) is 4.79 Å². The van der Waals surface area contributed by atoms with Crippen molar-refractivity contribution < 1.29 is 9.53 Å². The smallest absolute Gasteiger partial charge is 0.313 e. The third kappa shape index (κ3) is 3.51. The molecular weight excluding hydrogens is 226 g/mol. The van der Waals surface area contributed by atoms with Gasteiger partial charge in [-0.25, -0.2) is 0 Å². The van der Waals surface area contributed by atoms with E-state index in [1.807, 2.05) is 12.1 Å². The van der Waals surface area contributed by atoms with Crippen LogP contribution in [0, 0.1) is 5.41 Å². The Kier molecular flexibility index (Phi) is 4.33. The van der Waals surface area contributed by atoms with Gasteiger partial charge in [0, 0.05) is 11.6 Å². The van der Waals surface area contributed by atoms with E-state index < -0.39 is 5.41 Å². The maximum atomic E-state index is 11.6. The summed E-state index contributed by atoms with van der Waals surface area (Å²) >= 11 is 5.82. The molecule has 0 atom stereocenters. The molecule has 0 fully saturated rings. The molecule has 0 saturated carbocycles. The van der Waals surface area contributed by atoms with Gasteiger partial charge in [-0.15, -0.1) is 0 Å². The topological polar surface area (TPSA) is 52.3 Å². The average Bonchev–Trinajstić information content (AvgIpc) is 2.26. The largest absolute Gasteiger partial charge is 0.460 e. The van der Waals surface area contributed by atoms with E-state index in [1.165, 1.54) is 0 Å². The van der Waals surface area contributed by atoms with Gasteiger partial charge >= 0.3 is 5.97 Å². The molecule has 1 rings (SSSR count). The fourth-order valence-corrected chi connectivity index (χ4v) is 1.27. The molecule has 0 spiro atoms. The molecule has 1 aromatic carbocycles. The van der Waals surface area contributed by atoms with Gasteiger partial charge in [0.25, 0.3) is 0 Å². The molecule has 0 heterocycles. The van der Waals surface area contributed by atoms with Gasteiger partial charge in [-0.1, -0.05) is 23.7 Å². The molecule has 3 nitrogen and oxygen atoms in total. The maximum Gasteiger partial charge on any atom is 0.313 e. The molecule has 0 aliphatic carbocycles. The summed E-state index contributed by atoms with van der Waals surface area (Å²) in [7, 11) is 0. The predicted molar refractivity (Wildman–Crippen MR) is 64.1 cm³/mol. The highest BCUT2D eigenvalue weighted by atomic mass is 35.5. The number of nitrogens with two attached hydrogens (primary N) is 1. The summed E-state index contributed by atoms with van der Waals surface area (Å²) in [6.07, 6.45) is 0. The summed E-state index contributed by atoms with van der Waals surface area (Å²) in [4.78, 5) is 11.6. The van der Waals surface area contributed by atoms with Crippen molar-refractivity contribution in [2.45, 2.75) is 20.5 Å². The summed E-state index contributed by atoms with van der Waals surface area (Å²) < 4.78 is 5.16. The Labute approximate surface area is 101 Å². The van der Waals surface area contributed by atoms with Crippen LogP contribution in [0.1, 0.15) is 19.4 Å². The van der Waals surface area contributed by atoms with Crippen LogP contribution in [0.15, 0.2) is 24.3 Å². The highest BCUT2D eigenvalue weighted by Crippen LogP contribution is 2.17. The van der Waals surface area contributed by atoms with E-state index in [4.69, 9.17) is 22.1 Å². The van der Waals surface area contributed by atoms with Crippen molar-refractivity contribution in [2.24, 2.45) is 11.1 Å². The zero-order valence-electron chi connectivity index (χ0n) is 9.50. The Hall–Kier alpha value is -1.06. The van der Waals surface area contributed by atoms with Crippen LogP contribution in [0.4, 0.5) is 0 Å². The van der Waals surface area contributed by atoms with E-state index >= 15 is 0 Å². The lowest BCUT2D eigenvalue weighted by atomic mass is 9.94. The molecule has 0 saturated heterocycles. The fourth-order valence-electron chi connectivity index (χ4n) is 1.05. The minimum absolute atomic E-state index is 0.225. The summed E-state index contributed by atoms with van der Waals surface area (Å²) in [5.74, 6) is -0.296. The molecule has 0 bridgehead atoms. The molecule has 4 heteroatoms. The van der Waals surface area contributed by atoms with Gasteiger partial charge in [0.15, 0.2) is 0 Å². The summed E-state index contributed by atoms with van der Waals surface area (Å²) in [5.41, 5.74) is 5.71. The zero-order valence-corrected chi connectivity index (χ0v) is 10.3. The Morgan fingerprint density at radius 2 is 2.19 bits per heavy atom. The number of halogens is 1. The van der Waals surface area contributed by atoms with Crippen molar-refractivity contribution in [1.82, 2.24) is 0 Å². The van der Waals surface area contributed by atoms with Crippen LogP contribution in [-0.4, -0.2) is 12.5 Å². The molecule has 16 heavy (non-hydrogen) atoms. The quantitative estimate of drug-likeness (QED) is 0.824. The van der Waals surface area contributed by atoms with E-state index in [-0.39, 0.29) is 19.1 Å². The third-order valence-corrected chi connectivity index (χ3v) is 2.56. The number of hydrogen-bond donors (Lipinski definition) is 1.